The van der Waals surface area contributed by atoms with Gasteiger partial charge in [0.2, 0.25) is 5.91 Å². The van der Waals surface area contributed by atoms with Crippen LogP contribution in [0.5, 0.6) is 0 Å². The fourth-order valence-electron chi connectivity index (χ4n) is 3.77. The summed E-state index contributed by atoms with van der Waals surface area (Å²) in [4.78, 5) is 23.0. The van der Waals surface area contributed by atoms with E-state index in [2.05, 4.69) is 38.6 Å². The molecule has 5 nitrogen and oxygen atoms in total. The molecule has 0 saturated carbocycles. The second-order valence-corrected chi connectivity index (χ2v) is 8.46. The summed E-state index contributed by atoms with van der Waals surface area (Å²) in [6, 6.07) is 8.11. The number of nitrogens with one attached hydrogen (secondary N) is 2. The van der Waals surface area contributed by atoms with Crippen LogP contribution in [-0.4, -0.2) is 33.9 Å². The van der Waals surface area contributed by atoms with Gasteiger partial charge in [-0.05, 0) is 50.4 Å². The first-order valence-corrected chi connectivity index (χ1v) is 10.5. The number of anilines is 1. The van der Waals surface area contributed by atoms with E-state index in [1.165, 1.54) is 24.2 Å². The monoisotopic (exact) mass is 382 g/mol. The van der Waals surface area contributed by atoms with Crippen molar-refractivity contribution in [3.8, 4) is 0 Å². The second kappa shape index (κ2) is 7.82. The normalized spacial score (nSPS) is 16.1. The van der Waals surface area contributed by atoms with Crippen LogP contribution in [0, 0.1) is 12.8 Å². The first kappa shape index (κ1) is 18.2. The van der Waals surface area contributed by atoms with Gasteiger partial charge in [-0.15, -0.1) is 11.3 Å². The second-order valence-electron chi connectivity index (χ2n) is 7.60. The topological polar surface area (TPSA) is 61.0 Å². The number of hydrogen-bond acceptors (Lipinski definition) is 4. The van der Waals surface area contributed by atoms with E-state index in [0.29, 0.717) is 11.6 Å². The van der Waals surface area contributed by atoms with Crippen LogP contribution in [-0.2, 0) is 17.8 Å². The van der Waals surface area contributed by atoms with E-state index < -0.39 is 0 Å². The van der Waals surface area contributed by atoms with Crippen molar-refractivity contribution in [1.29, 1.82) is 0 Å². The first-order chi connectivity index (χ1) is 13.1. The molecule has 142 valence electrons. The number of rotatable bonds is 5. The molecular formula is C21H26N4OS. The highest BCUT2D eigenvalue weighted by Gasteiger charge is 2.17. The molecule has 1 amide bonds. The minimum Gasteiger partial charge on any atom is -0.358 e. The minimum absolute atomic E-state index is 0.0180. The SMILES string of the molecule is Cc1[nH]c2ccccc2c1CC(=O)Nc1nc(CN2CCC(C)CC2)cs1. The Kier molecular flexibility index (Phi) is 5.27. The zero-order chi connectivity index (χ0) is 18.8. The van der Waals surface area contributed by atoms with E-state index in [9.17, 15) is 4.79 Å². The molecule has 2 N–H and O–H groups in total. The van der Waals surface area contributed by atoms with E-state index in [4.69, 9.17) is 0 Å². The Morgan fingerprint density at radius 3 is 2.93 bits per heavy atom. The van der Waals surface area contributed by atoms with Crippen molar-refractivity contribution in [3.05, 3.63) is 46.6 Å². The summed E-state index contributed by atoms with van der Waals surface area (Å²) >= 11 is 1.51. The van der Waals surface area contributed by atoms with E-state index in [1.54, 1.807) is 0 Å². The zero-order valence-corrected chi connectivity index (χ0v) is 16.7. The Hall–Kier alpha value is -2.18. The van der Waals surface area contributed by atoms with Crippen LogP contribution in [0.15, 0.2) is 29.6 Å². The number of H-pyrrole nitrogens is 1. The Bertz CT molecular complexity index is 937. The molecule has 27 heavy (non-hydrogen) atoms. The molecule has 1 aliphatic heterocycles. The third kappa shape index (κ3) is 4.22. The van der Waals surface area contributed by atoms with Crippen LogP contribution in [0.25, 0.3) is 10.9 Å². The Morgan fingerprint density at radius 2 is 2.11 bits per heavy atom. The largest absolute Gasteiger partial charge is 0.358 e. The maximum absolute atomic E-state index is 12.5. The van der Waals surface area contributed by atoms with Crippen LogP contribution in [0.1, 0.15) is 36.7 Å². The van der Waals surface area contributed by atoms with Crippen molar-refractivity contribution < 1.29 is 4.79 Å². The summed E-state index contributed by atoms with van der Waals surface area (Å²) in [5.41, 5.74) is 4.23. The van der Waals surface area contributed by atoms with Crippen LogP contribution in [0.4, 0.5) is 5.13 Å². The summed E-state index contributed by atoms with van der Waals surface area (Å²) in [6.07, 6.45) is 2.88. The summed E-state index contributed by atoms with van der Waals surface area (Å²) in [6.45, 7) is 7.49. The predicted molar refractivity (Wildman–Crippen MR) is 111 cm³/mol. The smallest absolute Gasteiger partial charge is 0.230 e. The lowest BCUT2D eigenvalue weighted by atomic mass is 9.99. The van der Waals surface area contributed by atoms with E-state index >= 15 is 0 Å². The molecular weight excluding hydrogens is 356 g/mol. The van der Waals surface area contributed by atoms with Crippen LogP contribution >= 0.6 is 11.3 Å². The number of amides is 1. The highest BCUT2D eigenvalue weighted by Crippen LogP contribution is 2.24. The van der Waals surface area contributed by atoms with Gasteiger partial charge >= 0.3 is 0 Å². The number of thiazole rings is 1. The number of piperidine rings is 1. The number of hydrogen-bond donors (Lipinski definition) is 2. The Morgan fingerprint density at radius 1 is 1.33 bits per heavy atom. The summed E-state index contributed by atoms with van der Waals surface area (Å²) in [5, 5.41) is 6.84. The molecule has 1 fully saturated rings. The number of carbonyl (C=O) groups excluding carboxylic acids is 1. The van der Waals surface area contributed by atoms with Crippen molar-refractivity contribution in [1.82, 2.24) is 14.9 Å². The number of aryl methyl sites for hydroxylation is 1. The maximum atomic E-state index is 12.5. The van der Waals surface area contributed by atoms with Gasteiger partial charge in [0, 0.05) is 28.5 Å². The van der Waals surface area contributed by atoms with Crippen LogP contribution in [0.2, 0.25) is 0 Å². The maximum Gasteiger partial charge on any atom is 0.230 e. The quantitative estimate of drug-likeness (QED) is 0.690. The first-order valence-electron chi connectivity index (χ1n) is 9.61. The molecule has 1 aromatic carbocycles. The zero-order valence-electron chi connectivity index (χ0n) is 15.9. The van der Waals surface area contributed by atoms with Crippen molar-refractivity contribution in [3.63, 3.8) is 0 Å². The van der Waals surface area contributed by atoms with Crippen LogP contribution < -0.4 is 5.32 Å². The highest BCUT2D eigenvalue weighted by molar-refractivity contribution is 7.13. The van der Waals surface area contributed by atoms with Gasteiger partial charge in [0.15, 0.2) is 5.13 Å². The molecule has 1 aliphatic rings. The van der Waals surface area contributed by atoms with Crippen molar-refractivity contribution in [2.24, 2.45) is 5.92 Å². The molecule has 3 heterocycles. The van der Waals surface area contributed by atoms with E-state index in [0.717, 1.165) is 53.4 Å². The van der Waals surface area contributed by atoms with E-state index in [-0.39, 0.29) is 5.91 Å². The average molecular weight is 383 g/mol. The fraction of sp³-hybridized carbons (Fsp3) is 0.429. The van der Waals surface area contributed by atoms with Gasteiger partial charge in [0.25, 0.3) is 0 Å². The minimum atomic E-state index is -0.0180. The third-order valence-electron chi connectivity index (χ3n) is 5.42. The molecule has 0 bridgehead atoms. The molecule has 0 atom stereocenters. The summed E-state index contributed by atoms with van der Waals surface area (Å²) in [5.74, 6) is 0.815. The molecule has 1 saturated heterocycles. The molecule has 6 heteroatoms. The van der Waals surface area contributed by atoms with Gasteiger partial charge in [0.1, 0.15) is 0 Å². The van der Waals surface area contributed by atoms with Crippen molar-refractivity contribution >= 4 is 33.3 Å². The number of benzene rings is 1. The van der Waals surface area contributed by atoms with Crippen molar-refractivity contribution in [2.75, 3.05) is 18.4 Å². The van der Waals surface area contributed by atoms with Gasteiger partial charge in [-0.3, -0.25) is 9.69 Å². The standard InChI is InChI=1S/C21H26N4OS/c1-14-7-9-25(10-8-14)12-16-13-27-21(23-16)24-20(26)11-18-15(2)22-19-6-4-3-5-17(18)19/h3-6,13-14,22H,7-12H2,1-2H3,(H,23,24,26). The lowest BCUT2D eigenvalue weighted by molar-refractivity contribution is -0.115. The Balaban J connectivity index is 1.37. The molecule has 3 aromatic rings. The molecule has 0 spiro atoms. The Labute approximate surface area is 163 Å². The fourth-order valence-corrected chi connectivity index (χ4v) is 4.49. The number of carbonyl (C=O) groups is 1. The molecule has 4 rings (SSSR count). The summed E-state index contributed by atoms with van der Waals surface area (Å²) in [7, 11) is 0. The van der Waals surface area contributed by atoms with Gasteiger partial charge in [-0.25, -0.2) is 4.98 Å². The molecule has 0 unspecified atom stereocenters. The lowest BCUT2D eigenvalue weighted by Crippen LogP contribution is -2.32. The number of nitrogens with zero attached hydrogens (tertiary/aromatic N) is 2. The average Bonchev–Trinajstić information content (AvgIpc) is 3.21. The number of para-hydroxylation sites is 1. The van der Waals surface area contributed by atoms with Crippen molar-refractivity contribution in [2.45, 2.75) is 39.7 Å². The molecule has 0 aliphatic carbocycles. The van der Waals surface area contributed by atoms with Gasteiger partial charge < -0.3 is 10.3 Å². The lowest BCUT2D eigenvalue weighted by Gasteiger charge is -2.29. The highest BCUT2D eigenvalue weighted by atomic mass is 32.1. The molecule has 0 radical (unpaired) electrons. The van der Waals surface area contributed by atoms with Gasteiger partial charge in [0.05, 0.1) is 12.1 Å². The number of aromatic amines is 1. The molecule has 2 aromatic heterocycles. The van der Waals surface area contributed by atoms with Crippen LogP contribution in [0.3, 0.4) is 0 Å². The third-order valence-corrected chi connectivity index (χ3v) is 6.23. The van der Waals surface area contributed by atoms with Gasteiger partial charge in [-0.1, -0.05) is 25.1 Å². The van der Waals surface area contributed by atoms with Gasteiger partial charge in [-0.2, -0.15) is 0 Å². The number of aromatic nitrogens is 2. The summed E-state index contributed by atoms with van der Waals surface area (Å²) < 4.78 is 0. The predicted octanol–water partition coefficient (Wildman–Crippen LogP) is 4.35. The number of fused-ring (bicyclic) bond motifs is 1. The van der Waals surface area contributed by atoms with E-state index in [1.807, 2.05) is 25.1 Å². The number of likely N-dealkylation sites (tertiary alicyclic amines) is 1.